The Bertz CT molecular complexity index is 2330. The van der Waals surface area contributed by atoms with Crippen molar-refractivity contribution >= 4 is 68.4 Å². The number of nitrogens with zero attached hydrogens (tertiary/aromatic N) is 4. The number of rotatable bonds is 9. The van der Waals surface area contributed by atoms with Crippen LogP contribution < -0.4 is 4.90 Å². The van der Waals surface area contributed by atoms with Crippen molar-refractivity contribution in [1.82, 2.24) is 14.7 Å². The molecule has 4 heterocycles. The largest absolute Gasteiger partial charge is 0.508 e. The van der Waals surface area contributed by atoms with E-state index in [-0.39, 0.29) is 48.8 Å². The summed E-state index contributed by atoms with van der Waals surface area (Å²) in [6, 6.07) is 12.7. The number of carbonyl (C=O) groups excluding carboxylic acids is 4. The number of aryl methyl sites for hydroxylation is 3. The lowest BCUT2D eigenvalue weighted by Gasteiger charge is -2.49. The minimum atomic E-state index is -1.24. The molecule has 2 N–H and O–H groups in total. The lowest BCUT2D eigenvalue weighted by atomic mass is 9.51. The lowest BCUT2D eigenvalue weighted by Crippen LogP contribution is -2.49. The molecule has 8 rings (SSSR count). The van der Waals surface area contributed by atoms with Crippen LogP contribution in [0.5, 0.6) is 5.75 Å². The molecule has 3 fully saturated rings. The van der Waals surface area contributed by atoms with Gasteiger partial charge in [0, 0.05) is 41.7 Å². The normalized spacial score (nSPS) is 26.4. The first-order chi connectivity index (χ1) is 25.7. The van der Waals surface area contributed by atoms with E-state index in [0.717, 1.165) is 31.7 Å². The molecule has 2 aromatic carbocycles. The van der Waals surface area contributed by atoms with E-state index in [2.05, 4.69) is 0 Å². The number of carboxylic acids is 1. The number of aromatic nitrogens is 2. The van der Waals surface area contributed by atoms with Crippen molar-refractivity contribution in [2.75, 3.05) is 11.4 Å². The number of aliphatic carboxylic acids is 1. The van der Waals surface area contributed by atoms with E-state index < -0.39 is 41.0 Å². The Hall–Kier alpha value is -4.81. The molecule has 4 amide bonds. The highest BCUT2D eigenvalue weighted by Gasteiger charge is 2.68. The Morgan fingerprint density at radius 3 is 2.52 bits per heavy atom. The van der Waals surface area contributed by atoms with Crippen LogP contribution in [0.2, 0.25) is 5.02 Å². The molecule has 0 bridgehead atoms. The predicted molar refractivity (Wildman–Crippen MR) is 204 cm³/mol. The number of likely N-dealkylation sites (tertiary alicyclic amines) is 1. The van der Waals surface area contributed by atoms with Gasteiger partial charge in [-0.1, -0.05) is 41.8 Å². The van der Waals surface area contributed by atoms with Gasteiger partial charge in [-0.2, -0.15) is 5.10 Å². The minimum Gasteiger partial charge on any atom is -0.508 e. The Morgan fingerprint density at radius 1 is 1.00 bits per heavy atom. The highest BCUT2D eigenvalue weighted by Crippen LogP contribution is 2.64. The summed E-state index contributed by atoms with van der Waals surface area (Å²) in [7, 11) is 1.72. The molecule has 6 atom stereocenters. The maximum Gasteiger partial charge on any atom is 0.303 e. The number of hydrogen-bond donors (Lipinski definition) is 2. The number of benzene rings is 2. The Labute approximate surface area is 321 Å². The summed E-state index contributed by atoms with van der Waals surface area (Å²) in [4.78, 5) is 72.3. The van der Waals surface area contributed by atoms with Gasteiger partial charge in [0.15, 0.2) is 0 Å². The number of hydrogen-bond acceptors (Lipinski definition) is 8. The molecular formula is C41H41ClN4O7S. The third-order valence-electron chi connectivity index (χ3n) is 12.4. The van der Waals surface area contributed by atoms with Crippen molar-refractivity contribution in [2.45, 2.75) is 65.2 Å². The van der Waals surface area contributed by atoms with Crippen molar-refractivity contribution in [1.29, 1.82) is 0 Å². The van der Waals surface area contributed by atoms with Crippen LogP contribution in [0.25, 0.3) is 20.7 Å². The van der Waals surface area contributed by atoms with E-state index in [0.29, 0.717) is 47.8 Å². The van der Waals surface area contributed by atoms with Gasteiger partial charge in [-0.05, 0) is 98.7 Å². The van der Waals surface area contributed by atoms with Gasteiger partial charge < -0.3 is 10.2 Å². The maximum absolute atomic E-state index is 15.0. The van der Waals surface area contributed by atoms with Crippen LogP contribution >= 0.6 is 22.9 Å². The SMILES string of the molecule is Cc1cc([C@H]2C3=CC[C@@H]4C(=O)N(CCCCCC(=O)O)C(=O)[C@@H]4[C@@H]3C[C@H]3C(=O)N(c4cc(-c5sc6ccc(Cl)cc6c5C)nn4C)C(=O)[C@@]23C)ccc1O. The number of carboxylic acid groups (broad SMARTS) is 1. The number of imide groups is 2. The number of amides is 4. The second kappa shape index (κ2) is 13.2. The Kier molecular flexibility index (Phi) is 8.84. The van der Waals surface area contributed by atoms with E-state index in [9.17, 15) is 24.3 Å². The van der Waals surface area contributed by atoms with E-state index in [1.165, 1.54) is 9.80 Å². The van der Waals surface area contributed by atoms with Gasteiger partial charge in [-0.3, -0.25) is 33.6 Å². The molecule has 2 saturated heterocycles. The zero-order valence-electron chi connectivity index (χ0n) is 30.5. The topological polar surface area (TPSA) is 150 Å². The van der Waals surface area contributed by atoms with Crippen molar-refractivity contribution in [2.24, 2.45) is 36.1 Å². The fourth-order valence-electron chi connectivity index (χ4n) is 9.70. The standard InChI is InChI=1S/C41H41ClN4O7S/c1-20-16-22(9-13-30(20)47)35-24-11-12-25-34(39(52)45(37(25)50)15-7-5-6-8-33(48)49)27(24)18-28-38(51)46(40(53)41(28,35)3)32-19-29(43-44(32)4)36-21(2)26-17-23(42)10-14-31(26)54-36/h9-11,13-14,16-17,19,25,27-28,34-35,47H,5-8,12,15,18H2,1-4H3,(H,48,49)/t25-,27+,28-,34-,35-,41+/m0/s1. The van der Waals surface area contributed by atoms with Gasteiger partial charge in [-0.25, -0.2) is 4.90 Å². The first-order valence-electron chi connectivity index (χ1n) is 18.4. The molecule has 2 aliphatic heterocycles. The average Bonchev–Trinajstić information content (AvgIpc) is 3.79. The van der Waals surface area contributed by atoms with Crippen LogP contribution in [0.4, 0.5) is 5.82 Å². The molecule has 4 aliphatic rings. The first-order valence-corrected chi connectivity index (χ1v) is 19.6. The number of allylic oxidation sites excluding steroid dienone is 2. The maximum atomic E-state index is 15.0. The number of carbonyl (C=O) groups is 5. The van der Waals surface area contributed by atoms with Gasteiger partial charge in [0.2, 0.25) is 23.6 Å². The van der Waals surface area contributed by atoms with Gasteiger partial charge in [0.25, 0.3) is 0 Å². The molecule has 280 valence electrons. The summed E-state index contributed by atoms with van der Waals surface area (Å²) in [5.74, 6) is -4.76. The molecule has 13 heteroatoms. The van der Waals surface area contributed by atoms with Crippen molar-refractivity contribution in [3.05, 3.63) is 75.8 Å². The summed E-state index contributed by atoms with van der Waals surface area (Å²) >= 11 is 7.87. The van der Waals surface area contributed by atoms with Crippen LogP contribution in [0.3, 0.4) is 0 Å². The number of anilines is 1. The first kappa shape index (κ1) is 36.2. The molecule has 0 unspecified atom stereocenters. The molecule has 11 nitrogen and oxygen atoms in total. The van der Waals surface area contributed by atoms with Crippen LogP contribution in [0, 0.1) is 42.9 Å². The van der Waals surface area contributed by atoms with Crippen LogP contribution in [0.1, 0.15) is 68.1 Å². The summed E-state index contributed by atoms with van der Waals surface area (Å²) in [5, 5.41) is 25.9. The minimum absolute atomic E-state index is 0.0325. The summed E-state index contributed by atoms with van der Waals surface area (Å²) in [6.07, 6.45) is 4.16. The van der Waals surface area contributed by atoms with Crippen LogP contribution in [-0.2, 0) is 31.0 Å². The summed E-state index contributed by atoms with van der Waals surface area (Å²) in [5.41, 5.74) is 2.64. The molecule has 2 aromatic heterocycles. The average molecular weight is 769 g/mol. The smallest absolute Gasteiger partial charge is 0.303 e. The van der Waals surface area contributed by atoms with E-state index in [1.807, 2.05) is 44.2 Å². The monoisotopic (exact) mass is 768 g/mol. The second-order valence-electron chi connectivity index (χ2n) is 15.4. The highest BCUT2D eigenvalue weighted by molar-refractivity contribution is 7.22. The third kappa shape index (κ3) is 5.43. The zero-order valence-corrected chi connectivity index (χ0v) is 32.0. The molecule has 4 aromatic rings. The molecule has 54 heavy (non-hydrogen) atoms. The third-order valence-corrected chi connectivity index (χ3v) is 13.9. The number of aromatic hydroxyl groups is 1. The van der Waals surface area contributed by atoms with Crippen molar-refractivity contribution in [3.63, 3.8) is 0 Å². The Balaban J connectivity index is 1.17. The van der Waals surface area contributed by atoms with Gasteiger partial charge in [-0.15, -0.1) is 11.3 Å². The summed E-state index contributed by atoms with van der Waals surface area (Å²) < 4.78 is 2.61. The van der Waals surface area contributed by atoms with Gasteiger partial charge in [0.05, 0.1) is 28.0 Å². The number of phenols is 1. The number of thiophene rings is 1. The molecule has 1 saturated carbocycles. The fourth-order valence-corrected chi connectivity index (χ4v) is 11.0. The van der Waals surface area contributed by atoms with Crippen molar-refractivity contribution < 1.29 is 34.2 Å². The highest BCUT2D eigenvalue weighted by atomic mass is 35.5. The number of halogens is 1. The fraction of sp³-hybridized carbons (Fsp3) is 0.415. The van der Waals surface area contributed by atoms with Crippen LogP contribution in [0.15, 0.2) is 54.1 Å². The molecule has 2 aliphatic carbocycles. The second-order valence-corrected chi connectivity index (χ2v) is 16.9. The summed E-state index contributed by atoms with van der Waals surface area (Å²) in [6.45, 7) is 5.85. The van der Waals surface area contributed by atoms with Crippen LogP contribution in [-0.4, -0.2) is 61.0 Å². The van der Waals surface area contributed by atoms with Crippen molar-refractivity contribution in [3.8, 4) is 16.3 Å². The van der Waals surface area contributed by atoms with Gasteiger partial charge >= 0.3 is 5.97 Å². The lowest BCUT2D eigenvalue weighted by molar-refractivity contribution is -0.141. The molecule has 0 radical (unpaired) electrons. The molecular weight excluding hydrogens is 728 g/mol. The van der Waals surface area contributed by atoms with E-state index in [1.54, 1.807) is 48.2 Å². The van der Waals surface area contributed by atoms with Gasteiger partial charge in [0.1, 0.15) is 17.3 Å². The zero-order chi connectivity index (χ0) is 38.4. The number of unbranched alkanes of at least 4 members (excludes halogenated alkanes) is 2. The van der Waals surface area contributed by atoms with E-state index >= 15 is 4.79 Å². The number of phenolic OH excluding ortho intramolecular Hbond substituents is 1. The quantitative estimate of drug-likeness (QED) is 0.104. The predicted octanol–water partition coefficient (Wildman–Crippen LogP) is 7.15. The number of fused-ring (bicyclic) bond motifs is 5. The molecule has 0 spiro atoms. The van der Waals surface area contributed by atoms with E-state index in [4.69, 9.17) is 21.8 Å². The Morgan fingerprint density at radius 2 is 1.78 bits per heavy atom.